The van der Waals surface area contributed by atoms with Gasteiger partial charge in [0.05, 0.1) is 21.6 Å². The van der Waals surface area contributed by atoms with Gasteiger partial charge in [-0.05, 0) is 38.4 Å². The Morgan fingerprint density at radius 3 is 2.83 bits per heavy atom. The molecule has 0 fully saturated rings. The predicted octanol–water partition coefficient (Wildman–Crippen LogP) is 2.98. The first-order chi connectivity index (χ1) is 11.5. The second kappa shape index (κ2) is 5.58. The van der Waals surface area contributed by atoms with Gasteiger partial charge in [0.25, 0.3) is 0 Å². The van der Waals surface area contributed by atoms with Gasteiger partial charge in [-0.25, -0.2) is 4.98 Å². The SMILES string of the molecule is CN(C)Cc1c(-c2ccc3sc(=O)n(C)c3c2)nc2ccccn12. The van der Waals surface area contributed by atoms with E-state index >= 15 is 0 Å². The van der Waals surface area contributed by atoms with Crippen LogP contribution in [0.2, 0.25) is 0 Å². The molecule has 4 rings (SSSR count). The van der Waals surface area contributed by atoms with E-state index in [-0.39, 0.29) is 4.87 Å². The summed E-state index contributed by atoms with van der Waals surface area (Å²) in [4.78, 5) is 18.9. The van der Waals surface area contributed by atoms with Crippen LogP contribution in [0.25, 0.3) is 27.1 Å². The van der Waals surface area contributed by atoms with Crippen molar-refractivity contribution in [3.8, 4) is 11.3 Å². The molecule has 122 valence electrons. The highest BCUT2D eigenvalue weighted by Crippen LogP contribution is 2.29. The molecule has 24 heavy (non-hydrogen) atoms. The van der Waals surface area contributed by atoms with E-state index in [2.05, 4.69) is 35.5 Å². The van der Waals surface area contributed by atoms with Crippen molar-refractivity contribution in [1.29, 1.82) is 0 Å². The zero-order valence-corrected chi connectivity index (χ0v) is 14.7. The Morgan fingerprint density at radius 2 is 2.04 bits per heavy atom. The molecule has 0 aliphatic carbocycles. The van der Waals surface area contributed by atoms with Gasteiger partial charge in [0.1, 0.15) is 5.65 Å². The van der Waals surface area contributed by atoms with Crippen molar-refractivity contribution in [2.24, 2.45) is 7.05 Å². The summed E-state index contributed by atoms with van der Waals surface area (Å²) in [5, 5.41) is 0. The number of hydrogen-bond acceptors (Lipinski definition) is 4. The number of pyridine rings is 1. The number of rotatable bonds is 3. The van der Waals surface area contributed by atoms with Crippen LogP contribution in [0.5, 0.6) is 0 Å². The number of aromatic nitrogens is 3. The van der Waals surface area contributed by atoms with Gasteiger partial charge in [-0.1, -0.05) is 23.5 Å². The lowest BCUT2D eigenvalue weighted by atomic mass is 10.1. The van der Waals surface area contributed by atoms with Gasteiger partial charge in [-0.3, -0.25) is 4.79 Å². The number of hydrogen-bond donors (Lipinski definition) is 0. The molecule has 0 unspecified atom stereocenters. The molecule has 0 aliphatic heterocycles. The zero-order chi connectivity index (χ0) is 16.8. The van der Waals surface area contributed by atoms with Crippen molar-refractivity contribution in [3.63, 3.8) is 0 Å². The predicted molar refractivity (Wildman–Crippen MR) is 98.6 cm³/mol. The highest BCUT2D eigenvalue weighted by Gasteiger charge is 2.16. The van der Waals surface area contributed by atoms with Crippen LogP contribution in [0.4, 0.5) is 0 Å². The molecule has 1 aromatic carbocycles. The van der Waals surface area contributed by atoms with E-state index in [1.165, 1.54) is 11.3 Å². The quantitative estimate of drug-likeness (QED) is 0.577. The lowest BCUT2D eigenvalue weighted by Gasteiger charge is -2.11. The minimum absolute atomic E-state index is 0.0608. The summed E-state index contributed by atoms with van der Waals surface area (Å²) in [7, 11) is 5.92. The average molecular weight is 338 g/mol. The third kappa shape index (κ3) is 2.35. The summed E-state index contributed by atoms with van der Waals surface area (Å²) in [5.41, 5.74) is 5.04. The Kier molecular flexibility index (Phi) is 3.51. The third-order valence-electron chi connectivity index (χ3n) is 4.16. The summed E-state index contributed by atoms with van der Waals surface area (Å²) >= 11 is 1.28. The van der Waals surface area contributed by atoms with Crippen molar-refractivity contribution < 1.29 is 0 Å². The molecular weight excluding hydrogens is 320 g/mol. The van der Waals surface area contributed by atoms with Crippen molar-refractivity contribution in [1.82, 2.24) is 18.9 Å². The standard InChI is InChI=1S/C18H18N4OS/c1-20(2)11-14-17(19-16-6-4-5-9-22(14)16)12-7-8-15-13(10-12)21(3)18(23)24-15/h4-10H,11H2,1-3H3. The number of imidazole rings is 1. The Hall–Kier alpha value is -2.44. The van der Waals surface area contributed by atoms with Crippen LogP contribution < -0.4 is 4.87 Å². The molecule has 3 heterocycles. The molecular formula is C18H18N4OS. The van der Waals surface area contributed by atoms with Crippen LogP contribution in [0.15, 0.2) is 47.4 Å². The summed E-state index contributed by atoms with van der Waals surface area (Å²) in [5.74, 6) is 0. The maximum absolute atomic E-state index is 11.9. The normalized spacial score (nSPS) is 11.8. The van der Waals surface area contributed by atoms with Crippen LogP contribution in [-0.4, -0.2) is 32.9 Å². The van der Waals surface area contributed by atoms with Crippen LogP contribution in [-0.2, 0) is 13.6 Å². The first kappa shape index (κ1) is 15.1. The first-order valence-corrected chi connectivity index (χ1v) is 8.57. The molecule has 0 spiro atoms. The number of thiazole rings is 1. The van der Waals surface area contributed by atoms with E-state index in [1.807, 2.05) is 37.5 Å². The fraction of sp³-hybridized carbons (Fsp3) is 0.222. The van der Waals surface area contributed by atoms with E-state index < -0.39 is 0 Å². The van der Waals surface area contributed by atoms with Crippen molar-refractivity contribution in [2.75, 3.05) is 14.1 Å². The molecule has 0 bridgehead atoms. The van der Waals surface area contributed by atoms with Gasteiger partial charge in [-0.15, -0.1) is 0 Å². The van der Waals surface area contributed by atoms with E-state index in [0.29, 0.717) is 0 Å². The van der Waals surface area contributed by atoms with Crippen molar-refractivity contribution >= 4 is 27.2 Å². The molecule has 0 amide bonds. The fourth-order valence-corrected chi connectivity index (χ4v) is 3.86. The summed E-state index contributed by atoms with van der Waals surface area (Å²) in [6, 6.07) is 12.2. The minimum Gasteiger partial charge on any atom is -0.304 e. The maximum atomic E-state index is 11.9. The number of nitrogens with zero attached hydrogens (tertiary/aromatic N) is 4. The van der Waals surface area contributed by atoms with Crippen molar-refractivity contribution in [3.05, 3.63) is 58.0 Å². The lowest BCUT2D eigenvalue weighted by molar-refractivity contribution is 0.396. The zero-order valence-electron chi connectivity index (χ0n) is 13.9. The average Bonchev–Trinajstić information content (AvgIpc) is 3.06. The Morgan fingerprint density at radius 1 is 1.21 bits per heavy atom. The fourth-order valence-electron chi connectivity index (χ4n) is 3.00. The second-order valence-corrected chi connectivity index (χ2v) is 7.18. The van der Waals surface area contributed by atoms with E-state index in [4.69, 9.17) is 4.98 Å². The van der Waals surface area contributed by atoms with Gasteiger partial charge < -0.3 is 13.9 Å². The number of fused-ring (bicyclic) bond motifs is 2. The molecule has 3 aromatic heterocycles. The van der Waals surface area contributed by atoms with Crippen LogP contribution in [0.1, 0.15) is 5.69 Å². The van der Waals surface area contributed by atoms with Crippen LogP contribution >= 0.6 is 11.3 Å². The Labute approximate surface area is 143 Å². The van der Waals surface area contributed by atoms with Gasteiger partial charge in [0.15, 0.2) is 0 Å². The third-order valence-corrected chi connectivity index (χ3v) is 5.17. The Bertz CT molecular complexity index is 1100. The monoisotopic (exact) mass is 338 g/mol. The maximum Gasteiger partial charge on any atom is 0.307 e. The largest absolute Gasteiger partial charge is 0.307 e. The molecule has 0 atom stereocenters. The molecule has 4 aromatic rings. The first-order valence-electron chi connectivity index (χ1n) is 7.75. The second-order valence-electron chi connectivity index (χ2n) is 6.18. The van der Waals surface area contributed by atoms with Crippen LogP contribution in [0, 0.1) is 0 Å². The van der Waals surface area contributed by atoms with Gasteiger partial charge in [0.2, 0.25) is 0 Å². The van der Waals surface area contributed by atoms with Gasteiger partial charge >= 0.3 is 4.87 Å². The molecule has 6 heteroatoms. The summed E-state index contributed by atoms with van der Waals surface area (Å²) in [6.45, 7) is 0.793. The Balaban J connectivity index is 1.98. The number of aryl methyl sites for hydroxylation is 1. The van der Waals surface area contributed by atoms with Crippen LogP contribution in [0.3, 0.4) is 0 Å². The van der Waals surface area contributed by atoms with Crippen molar-refractivity contribution in [2.45, 2.75) is 6.54 Å². The summed E-state index contributed by atoms with van der Waals surface area (Å²) in [6.07, 6.45) is 2.05. The molecule has 0 aliphatic rings. The highest BCUT2D eigenvalue weighted by atomic mass is 32.1. The lowest BCUT2D eigenvalue weighted by Crippen LogP contribution is -2.13. The van der Waals surface area contributed by atoms with E-state index in [9.17, 15) is 4.79 Å². The molecule has 0 saturated heterocycles. The van der Waals surface area contributed by atoms with Gasteiger partial charge in [0, 0.05) is 25.4 Å². The highest BCUT2D eigenvalue weighted by molar-refractivity contribution is 7.16. The van der Waals surface area contributed by atoms with E-state index in [1.54, 1.807) is 4.57 Å². The molecule has 5 nitrogen and oxygen atoms in total. The molecule has 0 radical (unpaired) electrons. The summed E-state index contributed by atoms with van der Waals surface area (Å²) < 4.78 is 4.83. The topological polar surface area (TPSA) is 42.5 Å². The molecule has 0 saturated carbocycles. The minimum atomic E-state index is 0.0608. The number of benzene rings is 1. The molecule has 0 N–H and O–H groups in total. The van der Waals surface area contributed by atoms with Gasteiger partial charge in [-0.2, -0.15) is 0 Å². The van der Waals surface area contributed by atoms with E-state index in [0.717, 1.165) is 39.4 Å². The smallest absolute Gasteiger partial charge is 0.304 e.